The lowest BCUT2D eigenvalue weighted by Crippen LogP contribution is -2.51. The molecule has 1 atom stereocenters. The highest BCUT2D eigenvalue weighted by Gasteiger charge is 2.24. The summed E-state index contributed by atoms with van der Waals surface area (Å²) in [5, 5.41) is 11.3. The zero-order valence-electron chi connectivity index (χ0n) is 9.42. The van der Waals surface area contributed by atoms with Gasteiger partial charge >= 0.3 is 12.0 Å². The summed E-state index contributed by atoms with van der Waals surface area (Å²) in [7, 11) is -0.856. The summed E-state index contributed by atoms with van der Waals surface area (Å²) in [5.41, 5.74) is 0. The molecular weight excluding hydrogens is 244 g/mol. The van der Waals surface area contributed by atoms with Gasteiger partial charge in [0.05, 0.1) is 0 Å². The lowest BCUT2D eigenvalue weighted by molar-refractivity contribution is -0.139. The van der Waals surface area contributed by atoms with Gasteiger partial charge in [0, 0.05) is 35.4 Å². The van der Waals surface area contributed by atoms with E-state index in [9.17, 15) is 13.8 Å². The molecular formula is C10H16N2O4S. The molecule has 1 aliphatic rings. The molecule has 1 fully saturated rings. The Morgan fingerprint density at radius 3 is 2.53 bits per heavy atom. The number of hydrogen-bond acceptors (Lipinski definition) is 3. The van der Waals surface area contributed by atoms with Crippen molar-refractivity contribution < 1.29 is 18.9 Å². The van der Waals surface area contributed by atoms with Crippen LogP contribution in [0.3, 0.4) is 0 Å². The van der Waals surface area contributed by atoms with Crippen molar-refractivity contribution >= 4 is 22.8 Å². The average molecular weight is 260 g/mol. The monoisotopic (exact) mass is 260 g/mol. The molecule has 17 heavy (non-hydrogen) atoms. The lowest BCUT2D eigenvalue weighted by Gasteiger charge is -2.27. The number of urea groups is 1. The molecule has 0 bridgehead atoms. The van der Waals surface area contributed by atoms with Crippen molar-refractivity contribution in [3.05, 3.63) is 12.7 Å². The average Bonchev–Trinajstić information content (AvgIpc) is 2.29. The second-order valence-electron chi connectivity index (χ2n) is 3.70. The smallest absolute Gasteiger partial charge is 0.326 e. The van der Waals surface area contributed by atoms with E-state index in [1.165, 1.54) is 11.0 Å². The fraction of sp³-hybridized carbons (Fsp3) is 0.600. The van der Waals surface area contributed by atoms with Crippen molar-refractivity contribution in [3.8, 4) is 0 Å². The molecule has 2 N–H and O–H groups in total. The Labute approximate surface area is 102 Å². The van der Waals surface area contributed by atoms with Crippen LogP contribution in [0.1, 0.15) is 6.42 Å². The second kappa shape index (κ2) is 6.39. The molecule has 0 aromatic carbocycles. The maximum atomic E-state index is 11.7. The maximum Gasteiger partial charge on any atom is 0.326 e. The molecule has 96 valence electrons. The molecule has 0 saturated carbocycles. The van der Waals surface area contributed by atoms with Crippen molar-refractivity contribution in [3.63, 3.8) is 0 Å². The summed E-state index contributed by atoms with van der Waals surface area (Å²) < 4.78 is 11.1. The zero-order valence-corrected chi connectivity index (χ0v) is 10.2. The van der Waals surface area contributed by atoms with Crippen molar-refractivity contribution in [2.24, 2.45) is 0 Å². The minimum atomic E-state index is -1.08. The Morgan fingerprint density at radius 1 is 1.47 bits per heavy atom. The summed E-state index contributed by atoms with van der Waals surface area (Å²) in [6, 6.07) is -1.37. The van der Waals surface area contributed by atoms with Crippen molar-refractivity contribution in [2.45, 2.75) is 12.5 Å². The van der Waals surface area contributed by atoms with E-state index < -0.39 is 28.8 Å². The Kier molecular flexibility index (Phi) is 5.14. The highest BCUT2D eigenvalue weighted by atomic mass is 32.2. The van der Waals surface area contributed by atoms with Gasteiger partial charge in [-0.2, -0.15) is 0 Å². The fourth-order valence-electron chi connectivity index (χ4n) is 1.47. The van der Waals surface area contributed by atoms with E-state index in [1.807, 2.05) is 0 Å². The van der Waals surface area contributed by atoms with Crippen LogP contribution < -0.4 is 5.32 Å². The molecule has 0 aromatic heterocycles. The van der Waals surface area contributed by atoms with Gasteiger partial charge in [-0.3, -0.25) is 4.21 Å². The Balaban J connectivity index is 2.49. The molecule has 0 radical (unpaired) electrons. The highest BCUT2D eigenvalue weighted by molar-refractivity contribution is 7.85. The van der Waals surface area contributed by atoms with Gasteiger partial charge in [-0.25, -0.2) is 9.59 Å². The first kappa shape index (κ1) is 13.7. The Bertz CT molecular complexity index is 335. The largest absolute Gasteiger partial charge is 0.480 e. The van der Waals surface area contributed by atoms with Crippen molar-refractivity contribution in [1.82, 2.24) is 10.2 Å². The van der Waals surface area contributed by atoms with Crippen LogP contribution in [0.4, 0.5) is 4.79 Å². The zero-order chi connectivity index (χ0) is 12.8. The minimum absolute atomic E-state index is 0.181. The van der Waals surface area contributed by atoms with Crippen LogP contribution in [0.15, 0.2) is 12.7 Å². The van der Waals surface area contributed by atoms with Crippen LogP contribution in [-0.2, 0) is 15.6 Å². The number of amides is 2. The predicted molar refractivity (Wildman–Crippen MR) is 64.2 cm³/mol. The van der Waals surface area contributed by atoms with E-state index in [0.717, 1.165) is 0 Å². The third-order valence-electron chi connectivity index (χ3n) is 2.46. The summed E-state index contributed by atoms with van der Waals surface area (Å²) >= 11 is 0. The van der Waals surface area contributed by atoms with Gasteiger partial charge in [0.15, 0.2) is 0 Å². The number of carboxylic acid groups (broad SMARTS) is 1. The van der Waals surface area contributed by atoms with E-state index in [2.05, 4.69) is 11.9 Å². The molecule has 0 aliphatic carbocycles. The molecule has 1 unspecified atom stereocenters. The Hall–Kier alpha value is -1.37. The van der Waals surface area contributed by atoms with Gasteiger partial charge < -0.3 is 15.3 Å². The van der Waals surface area contributed by atoms with Gasteiger partial charge in [0.2, 0.25) is 0 Å². The number of carboxylic acids is 1. The van der Waals surface area contributed by atoms with E-state index in [4.69, 9.17) is 5.11 Å². The summed E-state index contributed by atoms with van der Waals surface area (Å²) in [5.74, 6) is -0.182. The van der Waals surface area contributed by atoms with E-state index in [1.54, 1.807) is 0 Å². The molecule has 6 nitrogen and oxygen atoms in total. The van der Waals surface area contributed by atoms with Gasteiger partial charge in [-0.15, -0.1) is 6.58 Å². The molecule has 0 spiro atoms. The van der Waals surface area contributed by atoms with Crippen molar-refractivity contribution in [1.29, 1.82) is 0 Å². The minimum Gasteiger partial charge on any atom is -0.480 e. The summed E-state index contributed by atoms with van der Waals surface area (Å²) in [4.78, 5) is 24.0. The van der Waals surface area contributed by atoms with Crippen LogP contribution >= 0.6 is 0 Å². The van der Waals surface area contributed by atoms with Crippen LogP contribution in [0.5, 0.6) is 0 Å². The number of aliphatic carboxylic acids is 1. The molecule has 1 aliphatic heterocycles. The normalized spacial score (nSPS) is 18.5. The number of hydrogen-bond donors (Lipinski definition) is 2. The number of nitrogens with one attached hydrogen (secondary N) is 1. The van der Waals surface area contributed by atoms with Crippen LogP contribution in [-0.4, -0.2) is 56.9 Å². The van der Waals surface area contributed by atoms with Gasteiger partial charge in [0.25, 0.3) is 0 Å². The second-order valence-corrected chi connectivity index (χ2v) is 5.40. The Morgan fingerprint density at radius 2 is 2.06 bits per heavy atom. The number of carbonyl (C=O) groups excluding carboxylic acids is 1. The molecule has 0 aromatic rings. The first-order valence-electron chi connectivity index (χ1n) is 5.28. The first-order valence-corrected chi connectivity index (χ1v) is 6.77. The fourth-order valence-corrected chi connectivity index (χ4v) is 2.52. The third kappa shape index (κ3) is 4.18. The number of nitrogens with zero attached hydrogens (tertiary/aromatic N) is 1. The van der Waals surface area contributed by atoms with E-state index in [-0.39, 0.29) is 6.42 Å². The van der Waals surface area contributed by atoms with E-state index >= 15 is 0 Å². The van der Waals surface area contributed by atoms with Gasteiger partial charge in [-0.05, 0) is 6.42 Å². The molecule has 7 heteroatoms. The molecule has 1 saturated heterocycles. The van der Waals surface area contributed by atoms with Gasteiger partial charge in [-0.1, -0.05) is 6.08 Å². The molecule has 1 rings (SSSR count). The standard InChI is InChI=1S/C10H16N2O4S/c1-2-3-8(9(13)14)11-10(15)12-4-6-17(16)7-5-12/h2,8H,1,3-7H2,(H,11,15)(H,13,14). The third-order valence-corrected chi connectivity index (χ3v) is 3.74. The summed E-state index contributed by atoms with van der Waals surface area (Å²) in [6.45, 7) is 4.25. The number of carbonyl (C=O) groups is 2. The lowest BCUT2D eigenvalue weighted by atomic mass is 10.2. The van der Waals surface area contributed by atoms with Gasteiger partial charge in [0.1, 0.15) is 6.04 Å². The van der Waals surface area contributed by atoms with Crippen LogP contribution in [0, 0.1) is 0 Å². The van der Waals surface area contributed by atoms with Crippen molar-refractivity contribution in [2.75, 3.05) is 24.6 Å². The predicted octanol–water partition coefficient (Wildman–Crippen LogP) is -0.210. The molecule has 1 heterocycles. The molecule has 2 amide bonds. The first-order chi connectivity index (χ1) is 8.04. The summed E-state index contributed by atoms with van der Waals surface area (Å²) in [6.07, 6.45) is 1.63. The highest BCUT2D eigenvalue weighted by Crippen LogP contribution is 2.02. The number of rotatable bonds is 4. The van der Waals surface area contributed by atoms with Crippen LogP contribution in [0.2, 0.25) is 0 Å². The quantitative estimate of drug-likeness (QED) is 0.685. The van der Waals surface area contributed by atoms with E-state index in [0.29, 0.717) is 24.6 Å². The topological polar surface area (TPSA) is 86.7 Å². The SMILES string of the molecule is C=CCC(NC(=O)N1CCS(=O)CC1)C(=O)O. The maximum absolute atomic E-state index is 11.7. The van der Waals surface area contributed by atoms with Crippen LogP contribution in [0.25, 0.3) is 0 Å².